The van der Waals surface area contributed by atoms with Crippen LogP contribution in [0.5, 0.6) is 0 Å². The second-order valence-corrected chi connectivity index (χ2v) is 5.90. The van der Waals surface area contributed by atoms with Crippen molar-refractivity contribution >= 4 is 23.7 Å². The Balaban J connectivity index is 2.06. The highest BCUT2D eigenvalue weighted by atomic mass is 32.2. The third-order valence-electron chi connectivity index (χ3n) is 3.20. The number of hydrogen-bond donors (Lipinski definition) is 2. The van der Waals surface area contributed by atoms with Crippen LogP contribution < -0.4 is 5.32 Å². The van der Waals surface area contributed by atoms with Gasteiger partial charge in [-0.3, -0.25) is 10.1 Å². The number of imide groups is 1. The molecule has 0 radical (unpaired) electrons. The summed E-state index contributed by atoms with van der Waals surface area (Å²) < 4.78 is 13.1. The van der Waals surface area contributed by atoms with Crippen LogP contribution >= 0.6 is 11.8 Å². The Labute approximate surface area is 108 Å². The van der Waals surface area contributed by atoms with Crippen LogP contribution in [-0.4, -0.2) is 45.7 Å². The van der Waals surface area contributed by atoms with E-state index in [9.17, 15) is 14.0 Å². The first kappa shape index (κ1) is 13.4. The van der Waals surface area contributed by atoms with Crippen LogP contribution in [0.4, 0.5) is 9.18 Å². The maximum absolute atomic E-state index is 13.1. The lowest BCUT2D eigenvalue weighted by Gasteiger charge is -2.35. The number of aliphatic hydroxyl groups is 1. The number of urea groups is 1. The summed E-state index contributed by atoms with van der Waals surface area (Å²) in [5.74, 6) is -2.35. The van der Waals surface area contributed by atoms with E-state index in [1.54, 1.807) is 0 Å². The summed E-state index contributed by atoms with van der Waals surface area (Å²) in [6, 6.07) is -0.492. The first-order valence-electron chi connectivity index (χ1n) is 5.75. The molecule has 3 unspecified atom stereocenters. The monoisotopic (exact) mass is 274 g/mol. The molecule has 0 aliphatic carbocycles. The highest BCUT2D eigenvalue weighted by Crippen LogP contribution is 2.37. The predicted octanol–water partition coefficient (Wildman–Crippen LogP) is 0.852. The smallest absolute Gasteiger partial charge is 0.324 e. The molecule has 100 valence electrons. The lowest BCUT2D eigenvalue weighted by atomic mass is 10.1. The zero-order valence-corrected chi connectivity index (χ0v) is 10.6. The minimum absolute atomic E-state index is 0.0236. The van der Waals surface area contributed by atoms with Crippen molar-refractivity contribution < 1.29 is 19.1 Å². The van der Waals surface area contributed by atoms with Crippen molar-refractivity contribution in [2.24, 2.45) is 5.92 Å². The average molecular weight is 274 g/mol. The number of nitrogens with one attached hydrogen (secondary N) is 1. The van der Waals surface area contributed by atoms with Crippen LogP contribution in [0.15, 0.2) is 12.4 Å². The third-order valence-corrected chi connectivity index (χ3v) is 4.78. The number of carbonyl (C=O) groups excluding carboxylic acids is 2. The molecule has 0 aromatic rings. The van der Waals surface area contributed by atoms with Gasteiger partial charge in [0.1, 0.15) is 11.7 Å². The fraction of sp³-hybridized carbons (Fsp3) is 0.636. The lowest BCUT2D eigenvalue weighted by Crippen LogP contribution is -2.56. The van der Waals surface area contributed by atoms with Crippen LogP contribution in [0.3, 0.4) is 0 Å². The number of hydrogen-bond acceptors (Lipinski definition) is 4. The van der Waals surface area contributed by atoms with E-state index in [0.717, 1.165) is 12.8 Å². The normalized spacial score (nSPS) is 32.6. The van der Waals surface area contributed by atoms with Crippen LogP contribution in [0.25, 0.3) is 0 Å². The fourth-order valence-electron chi connectivity index (χ4n) is 2.17. The highest BCUT2D eigenvalue weighted by molar-refractivity contribution is 8.00. The molecule has 0 spiro atoms. The van der Waals surface area contributed by atoms with E-state index < -0.39 is 23.7 Å². The van der Waals surface area contributed by atoms with E-state index in [1.165, 1.54) is 16.7 Å². The van der Waals surface area contributed by atoms with E-state index >= 15 is 0 Å². The number of rotatable bonds is 3. The molecule has 0 aromatic carbocycles. The summed E-state index contributed by atoms with van der Waals surface area (Å²) in [7, 11) is 0. The molecule has 2 fully saturated rings. The SMILES string of the molecule is C=C(F)C1CN(C2CCC(CO)S2)C(=O)NC1=O. The van der Waals surface area contributed by atoms with E-state index in [4.69, 9.17) is 5.11 Å². The van der Waals surface area contributed by atoms with E-state index in [-0.39, 0.29) is 23.8 Å². The molecule has 0 saturated carbocycles. The first-order valence-corrected chi connectivity index (χ1v) is 6.69. The maximum Gasteiger partial charge on any atom is 0.324 e. The van der Waals surface area contributed by atoms with Gasteiger partial charge in [0, 0.05) is 11.8 Å². The molecular weight excluding hydrogens is 259 g/mol. The van der Waals surface area contributed by atoms with Crippen molar-refractivity contribution in [1.29, 1.82) is 0 Å². The van der Waals surface area contributed by atoms with Crippen LogP contribution in [0.2, 0.25) is 0 Å². The van der Waals surface area contributed by atoms with Crippen molar-refractivity contribution in [3.63, 3.8) is 0 Å². The minimum Gasteiger partial charge on any atom is -0.395 e. The summed E-state index contributed by atoms with van der Waals surface area (Å²) in [6.45, 7) is 3.22. The molecule has 2 aliphatic rings. The zero-order valence-electron chi connectivity index (χ0n) is 9.76. The summed E-state index contributed by atoms with van der Waals surface area (Å²) in [5.41, 5.74) is 0. The predicted molar refractivity (Wildman–Crippen MR) is 65.5 cm³/mol. The largest absolute Gasteiger partial charge is 0.395 e. The molecule has 0 bridgehead atoms. The Bertz CT molecular complexity index is 390. The third kappa shape index (κ3) is 2.51. The van der Waals surface area contributed by atoms with Crippen molar-refractivity contribution in [3.8, 4) is 0 Å². The van der Waals surface area contributed by atoms with Gasteiger partial charge in [-0.15, -0.1) is 11.8 Å². The number of halogens is 1. The van der Waals surface area contributed by atoms with Gasteiger partial charge in [-0.1, -0.05) is 6.58 Å². The zero-order chi connectivity index (χ0) is 13.3. The second kappa shape index (κ2) is 5.27. The van der Waals surface area contributed by atoms with Gasteiger partial charge in [0.25, 0.3) is 0 Å². The molecular formula is C11H15FN2O3S. The van der Waals surface area contributed by atoms with E-state index in [1.807, 2.05) is 0 Å². The number of carbonyl (C=O) groups is 2. The van der Waals surface area contributed by atoms with Crippen LogP contribution in [-0.2, 0) is 4.79 Å². The van der Waals surface area contributed by atoms with Crippen LogP contribution in [0, 0.1) is 5.92 Å². The Hall–Kier alpha value is -1.08. The summed E-state index contributed by atoms with van der Waals surface area (Å²) in [4.78, 5) is 24.6. The highest BCUT2D eigenvalue weighted by Gasteiger charge is 2.40. The molecule has 2 saturated heterocycles. The van der Waals surface area contributed by atoms with Crippen molar-refractivity contribution in [2.75, 3.05) is 13.2 Å². The van der Waals surface area contributed by atoms with Crippen LogP contribution in [0.1, 0.15) is 12.8 Å². The minimum atomic E-state index is -0.989. The van der Waals surface area contributed by atoms with E-state index in [2.05, 4.69) is 11.9 Å². The van der Waals surface area contributed by atoms with Gasteiger partial charge in [0.15, 0.2) is 0 Å². The number of amides is 3. The Morgan fingerprint density at radius 3 is 2.83 bits per heavy atom. The standard InChI is InChI=1S/C11H15FN2O3S/c1-6(12)8-4-14(11(17)13-10(8)16)9-3-2-7(5-15)18-9/h7-9,15H,1-5H2,(H,13,16,17). The van der Waals surface area contributed by atoms with E-state index in [0.29, 0.717) is 0 Å². The molecule has 3 atom stereocenters. The average Bonchev–Trinajstić information content (AvgIpc) is 2.77. The van der Waals surface area contributed by atoms with Gasteiger partial charge in [-0.25, -0.2) is 9.18 Å². The number of aliphatic hydroxyl groups excluding tert-OH is 1. The summed E-state index contributed by atoms with van der Waals surface area (Å²) in [5, 5.41) is 11.2. The summed E-state index contributed by atoms with van der Waals surface area (Å²) in [6.07, 6.45) is 1.55. The van der Waals surface area contributed by atoms with Gasteiger partial charge < -0.3 is 10.0 Å². The molecule has 2 N–H and O–H groups in total. The van der Waals surface area contributed by atoms with Crippen molar-refractivity contribution in [2.45, 2.75) is 23.5 Å². The van der Waals surface area contributed by atoms with Gasteiger partial charge >= 0.3 is 6.03 Å². The first-order chi connectivity index (χ1) is 8.52. The molecule has 3 amide bonds. The Morgan fingerprint density at radius 1 is 1.56 bits per heavy atom. The molecule has 5 nitrogen and oxygen atoms in total. The van der Waals surface area contributed by atoms with Gasteiger partial charge in [-0.05, 0) is 12.8 Å². The van der Waals surface area contributed by atoms with Crippen molar-refractivity contribution in [1.82, 2.24) is 10.2 Å². The molecule has 2 aliphatic heterocycles. The Kier molecular flexibility index (Phi) is 3.91. The molecule has 7 heteroatoms. The maximum atomic E-state index is 13.1. The topological polar surface area (TPSA) is 69.6 Å². The molecule has 2 rings (SSSR count). The molecule has 2 heterocycles. The Morgan fingerprint density at radius 2 is 2.28 bits per heavy atom. The molecule has 18 heavy (non-hydrogen) atoms. The van der Waals surface area contributed by atoms with Gasteiger partial charge in [0.2, 0.25) is 5.91 Å². The fourth-order valence-corrected chi connectivity index (χ4v) is 3.57. The summed E-state index contributed by atoms with van der Waals surface area (Å²) >= 11 is 1.49. The second-order valence-electron chi connectivity index (χ2n) is 4.42. The number of nitrogens with zero attached hydrogens (tertiary/aromatic N) is 1. The number of thioether (sulfide) groups is 1. The quantitative estimate of drug-likeness (QED) is 0.800. The molecule has 0 aromatic heterocycles. The van der Waals surface area contributed by atoms with Gasteiger partial charge in [-0.2, -0.15) is 0 Å². The van der Waals surface area contributed by atoms with Crippen molar-refractivity contribution in [3.05, 3.63) is 12.4 Å². The van der Waals surface area contributed by atoms with Gasteiger partial charge in [0.05, 0.1) is 12.0 Å². The lowest BCUT2D eigenvalue weighted by molar-refractivity contribution is -0.125.